The van der Waals surface area contributed by atoms with E-state index in [2.05, 4.69) is 11.0 Å². The largest absolute Gasteiger partial charge is 0.276 e. The molecule has 0 atom stereocenters. The topological polar surface area (TPSA) is 58.5 Å². The van der Waals surface area contributed by atoms with Gasteiger partial charge in [-0.1, -0.05) is 23.6 Å². The third kappa shape index (κ3) is 3.11. The summed E-state index contributed by atoms with van der Waals surface area (Å²) in [7, 11) is -3.59. The molecule has 1 aromatic carbocycles. The van der Waals surface area contributed by atoms with Crippen molar-refractivity contribution >= 4 is 16.2 Å². The van der Waals surface area contributed by atoms with Crippen LogP contribution in [0.25, 0.3) is 0 Å². The van der Waals surface area contributed by atoms with Crippen molar-refractivity contribution in [1.29, 1.82) is 0 Å². The van der Waals surface area contributed by atoms with Crippen LogP contribution in [0.2, 0.25) is 0 Å². The fraction of sp³-hybridized carbons (Fsp3) is 0.100. The molecule has 0 aliphatic carbocycles. The van der Waals surface area contributed by atoms with Crippen LogP contribution >= 0.6 is 0 Å². The van der Waals surface area contributed by atoms with Crippen LogP contribution in [-0.2, 0) is 10.0 Å². The quantitative estimate of drug-likeness (QED) is 0.469. The smallest absolute Gasteiger partial charge is 0.200 e. The first kappa shape index (κ1) is 11.3. The van der Waals surface area contributed by atoms with E-state index in [-0.39, 0.29) is 4.90 Å². The molecule has 0 aliphatic heterocycles. The van der Waals surface area contributed by atoms with Gasteiger partial charge in [-0.25, -0.2) is 0 Å². The van der Waals surface area contributed by atoms with E-state index >= 15 is 0 Å². The standard InChI is InChI=1S/C10H10N2O2S/c1-3-8-11-12-15(13,14)10-6-4-9(2)5-7-10/h1,4-8,12H,2H3/b11-8+. The van der Waals surface area contributed by atoms with Gasteiger partial charge in [0.1, 0.15) is 0 Å². The minimum Gasteiger partial charge on any atom is -0.200 e. The van der Waals surface area contributed by atoms with Crippen molar-refractivity contribution in [3.63, 3.8) is 0 Å². The van der Waals surface area contributed by atoms with Crippen LogP contribution in [-0.4, -0.2) is 14.6 Å². The van der Waals surface area contributed by atoms with Gasteiger partial charge in [-0.2, -0.15) is 18.4 Å². The van der Waals surface area contributed by atoms with E-state index < -0.39 is 10.0 Å². The zero-order valence-corrected chi connectivity index (χ0v) is 8.95. The van der Waals surface area contributed by atoms with E-state index in [1.807, 2.05) is 11.8 Å². The van der Waals surface area contributed by atoms with Crippen molar-refractivity contribution in [2.75, 3.05) is 0 Å². The Bertz CT molecular complexity index is 495. The van der Waals surface area contributed by atoms with E-state index in [4.69, 9.17) is 6.42 Å². The Labute approximate surface area is 89.1 Å². The average molecular weight is 222 g/mol. The molecule has 0 spiro atoms. The number of hydrogen-bond acceptors (Lipinski definition) is 3. The van der Waals surface area contributed by atoms with Gasteiger partial charge in [0.15, 0.2) is 0 Å². The van der Waals surface area contributed by atoms with Crippen molar-refractivity contribution in [2.24, 2.45) is 5.10 Å². The maximum absolute atomic E-state index is 11.5. The Morgan fingerprint density at radius 3 is 2.53 bits per heavy atom. The fourth-order valence-electron chi connectivity index (χ4n) is 0.903. The minimum absolute atomic E-state index is 0.155. The highest BCUT2D eigenvalue weighted by Crippen LogP contribution is 2.09. The van der Waals surface area contributed by atoms with Crippen LogP contribution in [0.3, 0.4) is 0 Å². The predicted molar refractivity (Wildman–Crippen MR) is 58.8 cm³/mol. The number of hydrogen-bond donors (Lipinski definition) is 1. The van der Waals surface area contributed by atoms with Crippen LogP contribution in [0.1, 0.15) is 5.56 Å². The van der Waals surface area contributed by atoms with Gasteiger partial charge in [-0.05, 0) is 19.1 Å². The number of sulfonamides is 1. The molecule has 0 saturated heterocycles. The highest BCUT2D eigenvalue weighted by Gasteiger charge is 2.11. The molecule has 0 aliphatic rings. The lowest BCUT2D eigenvalue weighted by atomic mass is 10.2. The van der Waals surface area contributed by atoms with Crippen LogP contribution in [0.15, 0.2) is 34.3 Å². The van der Waals surface area contributed by atoms with E-state index in [0.29, 0.717) is 0 Å². The van der Waals surface area contributed by atoms with Crippen LogP contribution < -0.4 is 4.83 Å². The summed E-state index contributed by atoms with van der Waals surface area (Å²) in [6.07, 6.45) is 5.92. The molecule has 0 aromatic heterocycles. The second-order valence-electron chi connectivity index (χ2n) is 2.83. The van der Waals surface area contributed by atoms with Crippen molar-refractivity contribution in [2.45, 2.75) is 11.8 Å². The van der Waals surface area contributed by atoms with Gasteiger partial charge in [-0.3, -0.25) is 0 Å². The molecular formula is C10H10N2O2S. The minimum atomic E-state index is -3.59. The number of rotatable bonds is 3. The highest BCUT2D eigenvalue weighted by molar-refractivity contribution is 7.89. The second kappa shape index (κ2) is 4.62. The molecule has 0 heterocycles. The molecule has 1 rings (SSSR count). The maximum Gasteiger partial charge on any atom is 0.276 e. The van der Waals surface area contributed by atoms with Gasteiger partial charge < -0.3 is 0 Å². The van der Waals surface area contributed by atoms with E-state index in [1.54, 1.807) is 12.1 Å². The number of aryl methyl sites for hydroxylation is 1. The summed E-state index contributed by atoms with van der Waals surface area (Å²) in [6.45, 7) is 1.88. The lowest BCUT2D eigenvalue weighted by Gasteiger charge is -2.02. The first-order chi connectivity index (χ1) is 7.06. The molecular weight excluding hydrogens is 212 g/mol. The molecule has 0 radical (unpaired) electrons. The summed E-state index contributed by atoms with van der Waals surface area (Å²) < 4.78 is 23.0. The van der Waals surface area contributed by atoms with Gasteiger partial charge in [0.05, 0.1) is 11.1 Å². The molecule has 0 fully saturated rings. The Morgan fingerprint density at radius 2 is 2.00 bits per heavy atom. The van der Waals surface area contributed by atoms with Crippen LogP contribution in [0.4, 0.5) is 0 Å². The van der Waals surface area contributed by atoms with E-state index in [1.165, 1.54) is 12.1 Å². The first-order valence-electron chi connectivity index (χ1n) is 4.12. The average Bonchev–Trinajstić information content (AvgIpc) is 2.18. The molecule has 4 nitrogen and oxygen atoms in total. The Kier molecular flexibility index (Phi) is 3.47. The number of terminal acetylenes is 1. The maximum atomic E-state index is 11.5. The summed E-state index contributed by atoms with van der Waals surface area (Å²) in [6, 6.07) is 6.42. The molecule has 1 N–H and O–H groups in total. The van der Waals surface area contributed by atoms with E-state index in [0.717, 1.165) is 11.8 Å². The Hall–Kier alpha value is -1.80. The third-order valence-corrected chi connectivity index (χ3v) is 2.88. The lowest BCUT2D eigenvalue weighted by molar-refractivity contribution is 0.584. The van der Waals surface area contributed by atoms with Gasteiger partial charge in [0, 0.05) is 0 Å². The lowest BCUT2D eigenvalue weighted by Crippen LogP contribution is -2.18. The summed E-state index contributed by atoms with van der Waals surface area (Å²) in [5.74, 6) is 2.08. The molecule has 0 saturated carbocycles. The monoisotopic (exact) mass is 222 g/mol. The summed E-state index contributed by atoms with van der Waals surface area (Å²) in [5.41, 5.74) is 0.987. The number of hydrazone groups is 1. The molecule has 78 valence electrons. The van der Waals surface area contributed by atoms with Crippen LogP contribution in [0.5, 0.6) is 0 Å². The molecule has 0 unspecified atom stereocenters. The van der Waals surface area contributed by atoms with Crippen molar-refractivity contribution in [3.05, 3.63) is 29.8 Å². The number of nitrogens with one attached hydrogen (secondary N) is 1. The Morgan fingerprint density at radius 1 is 1.40 bits per heavy atom. The second-order valence-corrected chi connectivity index (χ2v) is 4.49. The molecule has 0 bridgehead atoms. The van der Waals surface area contributed by atoms with E-state index in [9.17, 15) is 8.42 Å². The van der Waals surface area contributed by atoms with Gasteiger partial charge >= 0.3 is 0 Å². The number of benzene rings is 1. The summed E-state index contributed by atoms with van der Waals surface area (Å²) >= 11 is 0. The SMILES string of the molecule is C#C/C=N/NS(=O)(=O)c1ccc(C)cc1. The van der Waals surface area contributed by atoms with Crippen molar-refractivity contribution in [1.82, 2.24) is 4.83 Å². The fourth-order valence-corrected chi connectivity index (χ4v) is 1.69. The van der Waals surface area contributed by atoms with Gasteiger partial charge in [0.2, 0.25) is 0 Å². The molecule has 1 aromatic rings. The first-order valence-corrected chi connectivity index (χ1v) is 5.61. The van der Waals surface area contributed by atoms with Gasteiger partial charge in [0.25, 0.3) is 10.0 Å². The predicted octanol–water partition coefficient (Wildman–Crippen LogP) is 0.892. The molecule has 5 heteroatoms. The Balaban J connectivity index is 2.93. The highest BCUT2D eigenvalue weighted by atomic mass is 32.2. The summed E-state index contributed by atoms with van der Waals surface area (Å²) in [5, 5.41) is 3.36. The third-order valence-electron chi connectivity index (χ3n) is 1.64. The van der Waals surface area contributed by atoms with Crippen molar-refractivity contribution < 1.29 is 8.42 Å². The van der Waals surface area contributed by atoms with Crippen molar-refractivity contribution in [3.8, 4) is 12.3 Å². The molecule has 0 amide bonds. The van der Waals surface area contributed by atoms with Crippen LogP contribution in [0, 0.1) is 19.3 Å². The molecule has 15 heavy (non-hydrogen) atoms. The zero-order chi connectivity index (χ0) is 11.3. The zero-order valence-electron chi connectivity index (χ0n) is 8.14. The summed E-state index contributed by atoms with van der Waals surface area (Å²) in [4.78, 5) is 2.15. The number of nitrogens with zero attached hydrogens (tertiary/aromatic N) is 1. The normalized spacial score (nSPS) is 11.2. The van der Waals surface area contributed by atoms with Gasteiger partial charge in [-0.15, -0.1) is 6.42 Å².